The van der Waals surface area contributed by atoms with Gasteiger partial charge in [-0.15, -0.1) is 0 Å². The van der Waals surface area contributed by atoms with Gasteiger partial charge >= 0.3 is 0 Å². The Kier molecular flexibility index (Phi) is 4.59. The van der Waals surface area contributed by atoms with Crippen LogP contribution in [-0.4, -0.2) is 0 Å². The summed E-state index contributed by atoms with van der Waals surface area (Å²) < 4.78 is 1.29. The Balaban J connectivity index is 1.94. The molecular formula is C26H23I. The third kappa shape index (κ3) is 2.89. The number of hydrogen-bond acceptors (Lipinski definition) is 0. The number of hydrogen-bond donors (Lipinski definition) is 0. The molecule has 0 unspecified atom stereocenters. The molecule has 134 valence electrons. The van der Waals surface area contributed by atoms with E-state index < -0.39 is 0 Å². The second-order valence-corrected chi connectivity index (χ2v) is 8.83. The highest BCUT2D eigenvalue weighted by molar-refractivity contribution is 14.1. The molecule has 3 aromatic rings. The van der Waals surface area contributed by atoms with E-state index in [1.807, 2.05) is 6.08 Å². The van der Waals surface area contributed by atoms with Gasteiger partial charge in [-0.25, -0.2) is 0 Å². The van der Waals surface area contributed by atoms with Gasteiger partial charge in [-0.1, -0.05) is 75.1 Å². The predicted octanol–water partition coefficient (Wildman–Crippen LogP) is 7.94. The normalized spacial score (nSPS) is 14.2. The number of halogens is 1. The quantitative estimate of drug-likeness (QED) is 0.347. The predicted molar refractivity (Wildman–Crippen MR) is 127 cm³/mol. The van der Waals surface area contributed by atoms with Gasteiger partial charge in [0.2, 0.25) is 0 Å². The monoisotopic (exact) mass is 462 g/mol. The molecule has 4 rings (SSSR count). The van der Waals surface area contributed by atoms with E-state index >= 15 is 0 Å². The zero-order valence-corrected chi connectivity index (χ0v) is 18.2. The molecule has 0 fully saturated rings. The Hall–Kier alpha value is -2.13. The van der Waals surface area contributed by atoms with Gasteiger partial charge in [0.05, 0.1) is 0 Å². The first-order valence-corrected chi connectivity index (χ1v) is 10.4. The average molecular weight is 462 g/mol. The summed E-state index contributed by atoms with van der Waals surface area (Å²) in [6, 6.07) is 20.2. The van der Waals surface area contributed by atoms with Gasteiger partial charge in [-0.3, -0.25) is 0 Å². The van der Waals surface area contributed by atoms with Gasteiger partial charge in [-0.05, 0) is 92.2 Å². The van der Waals surface area contributed by atoms with Crippen molar-refractivity contribution in [2.45, 2.75) is 26.2 Å². The maximum absolute atomic E-state index is 3.99. The molecule has 0 amide bonds. The van der Waals surface area contributed by atoms with Crippen LogP contribution < -0.4 is 0 Å². The van der Waals surface area contributed by atoms with Gasteiger partial charge in [0.25, 0.3) is 0 Å². The molecule has 0 heterocycles. The Bertz CT molecular complexity index is 1080. The fraction of sp³-hybridized carbons (Fsp3) is 0.154. The van der Waals surface area contributed by atoms with Crippen molar-refractivity contribution in [3.63, 3.8) is 0 Å². The molecule has 3 aromatic carbocycles. The first-order chi connectivity index (χ1) is 13.0. The van der Waals surface area contributed by atoms with E-state index in [1.165, 1.54) is 48.1 Å². The molecule has 0 spiro atoms. The van der Waals surface area contributed by atoms with Crippen LogP contribution in [0.5, 0.6) is 0 Å². The molecule has 0 nitrogen and oxygen atoms in total. The second-order valence-electron chi connectivity index (χ2n) is 7.59. The number of rotatable bonds is 3. The van der Waals surface area contributed by atoms with Crippen molar-refractivity contribution >= 4 is 34.7 Å². The van der Waals surface area contributed by atoms with E-state index in [1.54, 1.807) is 0 Å². The smallest absolute Gasteiger partial charge is 0.0159 e. The molecule has 0 saturated heterocycles. The summed E-state index contributed by atoms with van der Waals surface area (Å²) in [7, 11) is 0. The third-order valence-corrected chi connectivity index (χ3v) is 6.31. The molecule has 0 atom stereocenters. The Morgan fingerprint density at radius 2 is 1.59 bits per heavy atom. The fourth-order valence-electron chi connectivity index (χ4n) is 4.24. The Morgan fingerprint density at radius 1 is 0.889 bits per heavy atom. The average Bonchev–Trinajstić information content (AvgIpc) is 2.89. The van der Waals surface area contributed by atoms with E-state index in [2.05, 4.69) is 117 Å². The van der Waals surface area contributed by atoms with E-state index in [0.29, 0.717) is 0 Å². The lowest BCUT2D eigenvalue weighted by Crippen LogP contribution is -2.15. The molecule has 1 aliphatic rings. The molecule has 0 saturated carbocycles. The highest BCUT2D eigenvalue weighted by Crippen LogP contribution is 2.50. The van der Waals surface area contributed by atoms with Crippen LogP contribution in [0.1, 0.15) is 43.0 Å². The van der Waals surface area contributed by atoms with Crippen molar-refractivity contribution in [1.29, 1.82) is 0 Å². The van der Waals surface area contributed by atoms with Gasteiger partial charge in [-0.2, -0.15) is 0 Å². The highest BCUT2D eigenvalue weighted by Gasteiger charge is 2.35. The fourth-order valence-corrected chi connectivity index (χ4v) is 4.73. The van der Waals surface area contributed by atoms with Crippen LogP contribution >= 0.6 is 22.6 Å². The molecule has 27 heavy (non-hydrogen) atoms. The second kappa shape index (κ2) is 6.79. The van der Waals surface area contributed by atoms with Gasteiger partial charge in [0.1, 0.15) is 0 Å². The molecule has 1 heteroatoms. The van der Waals surface area contributed by atoms with Crippen molar-refractivity contribution in [2.75, 3.05) is 0 Å². The molecule has 0 bridgehead atoms. The van der Waals surface area contributed by atoms with E-state index in [9.17, 15) is 0 Å². The molecule has 0 aromatic heterocycles. The van der Waals surface area contributed by atoms with Crippen LogP contribution in [0.25, 0.3) is 34.4 Å². The van der Waals surface area contributed by atoms with Crippen molar-refractivity contribution in [3.8, 4) is 22.3 Å². The lowest BCUT2D eigenvalue weighted by Gasteiger charge is -2.22. The summed E-state index contributed by atoms with van der Waals surface area (Å²) in [4.78, 5) is 0. The number of fused-ring (bicyclic) bond motifs is 3. The van der Waals surface area contributed by atoms with Gasteiger partial charge in [0, 0.05) is 8.99 Å². The van der Waals surface area contributed by atoms with Crippen LogP contribution in [0.15, 0.2) is 67.3 Å². The summed E-state index contributed by atoms with van der Waals surface area (Å²) in [6.45, 7) is 10.7. The third-order valence-electron chi connectivity index (χ3n) is 5.64. The van der Waals surface area contributed by atoms with Crippen LogP contribution in [-0.2, 0) is 5.41 Å². The van der Waals surface area contributed by atoms with E-state index in [-0.39, 0.29) is 5.41 Å². The summed E-state index contributed by atoms with van der Waals surface area (Å²) in [5.74, 6) is 0. The minimum Gasteiger partial charge on any atom is -0.0984 e. The lowest BCUT2D eigenvalue weighted by atomic mass is 9.81. The maximum Gasteiger partial charge on any atom is 0.0159 e. The largest absolute Gasteiger partial charge is 0.0984 e. The zero-order valence-electron chi connectivity index (χ0n) is 16.0. The summed E-state index contributed by atoms with van der Waals surface area (Å²) in [5.41, 5.74) is 10.5. The standard InChI is InChI=1S/C26H23I/c1-5-8-20-17(6-2)9-7-10-21(20)18-11-13-22-23-14-12-19(27)16-25(23)26(3,4)24(22)15-18/h5-16H,2H2,1,3-4H3/b8-5-. The first kappa shape index (κ1) is 18.2. The van der Waals surface area contributed by atoms with E-state index in [4.69, 9.17) is 0 Å². The van der Waals surface area contributed by atoms with Crippen LogP contribution in [0, 0.1) is 3.57 Å². The summed E-state index contributed by atoms with van der Waals surface area (Å²) in [5, 5.41) is 0. The molecule has 0 N–H and O–H groups in total. The van der Waals surface area contributed by atoms with Crippen molar-refractivity contribution in [3.05, 3.63) is 93.1 Å². The van der Waals surface area contributed by atoms with Crippen molar-refractivity contribution < 1.29 is 0 Å². The topological polar surface area (TPSA) is 0 Å². The van der Waals surface area contributed by atoms with Crippen LogP contribution in [0.3, 0.4) is 0 Å². The van der Waals surface area contributed by atoms with Gasteiger partial charge < -0.3 is 0 Å². The van der Waals surface area contributed by atoms with Crippen LogP contribution in [0.4, 0.5) is 0 Å². The Labute approximate surface area is 175 Å². The molecular weight excluding hydrogens is 439 g/mol. The Morgan fingerprint density at radius 3 is 2.30 bits per heavy atom. The summed E-state index contributed by atoms with van der Waals surface area (Å²) in [6.07, 6.45) is 6.22. The number of allylic oxidation sites excluding steroid dienone is 1. The number of benzene rings is 3. The van der Waals surface area contributed by atoms with Crippen molar-refractivity contribution in [1.82, 2.24) is 0 Å². The molecule has 1 aliphatic carbocycles. The molecule has 0 aliphatic heterocycles. The highest BCUT2D eigenvalue weighted by atomic mass is 127. The molecule has 0 radical (unpaired) electrons. The minimum absolute atomic E-state index is 0.0126. The van der Waals surface area contributed by atoms with Crippen LogP contribution in [0.2, 0.25) is 0 Å². The minimum atomic E-state index is 0.0126. The van der Waals surface area contributed by atoms with Gasteiger partial charge in [0.15, 0.2) is 0 Å². The lowest BCUT2D eigenvalue weighted by molar-refractivity contribution is 0.660. The SMILES string of the molecule is C=Cc1cccc(-c2ccc3c(c2)C(C)(C)c2cc(I)ccc2-3)c1/C=C\C. The first-order valence-electron chi connectivity index (χ1n) is 9.31. The van der Waals surface area contributed by atoms with E-state index in [0.717, 1.165) is 0 Å². The van der Waals surface area contributed by atoms with Crippen molar-refractivity contribution in [2.24, 2.45) is 0 Å². The zero-order chi connectivity index (χ0) is 19.2. The maximum atomic E-state index is 3.99. The summed E-state index contributed by atoms with van der Waals surface area (Å²) >= 11 is 2.41.